The fourth-order valence-corrected chi connectivity index (χ4v) is 2.19. The number of thioether (sulfide) groups is 1. The Morgan fingerprint density at radius 2 is 2.38 bits per heavy atom. The molecule has 0 aliphatic heterocycles. The second kappa shape index (κ2) is 6.42. The van der Waals surface area contributed by atoms with Crippen LogP contribution in [0, 0.1) is 5.82 Å². The third-order valence-electron chi connectivity index (χ3n) is 2.21. The first-order chi connectivity index (χ1) is 7.58. The van der Waals surface area contributed by atoms with Crippen LogP contribution in [0.5, 0.6) is 0 Å². The summed E-state index contributed by atoms with van der Waals surface area (Å²) in [6.07, 6.45) is 3.44. The SMILES string of the molecule is CSC(CO)C(C)Nc1ncc(Br)cc1F. The zero-order valence-electron chi connectivity index (χ0n) is 9.08. The van der Waals surface area contributed by atoms with Crippen LogP contribution in [0.3, 0.4) is 0 Å². The lowest BCUT2D eigenvalue weighted by Crippen LogP contribution is -2.31. The number of aromatic nitrogens is 1. The highest BCUT2D eigenvalue weighted by molar-refractivity contribution is 9.10. The number of pyridine rings is 1. The zero-order chi connectivity index (χ0) is 12.1. The van der Waals surface area contributed by atoms with E-state index in [1.807, 2.05) is 13.2 Å². The minimum atomic E-state index is -0.404. The molecule has 0 saturated heterocycles. The van der Waals surface area contributed by atoms with Crippen LogP contribution < -0.4 is 5.32 Å². The van der Waals surface area contributed by atoms with Gasteiger partial charge < -0.3 is 10.4 Å². The van der Waals surface area contributed by atoms with E-state index in [1.54, 1.807) is 0 Å². The third kappa shape index (κ3) is 3.61. The number of aliphatic hydroxyl groups excluding tert-OH is 1. The number of hydrogen-bond acceptors (Lipinski definition) is 4. The van der Waals surface area contributed by atoms with E-state index in [9.17, 15) is 4.39 Å². The Balaban J connectivity index is 2.72. The average Bonchev–Trinajstić information content (AvgIpc) is 2.24. The van der Waals surface area contributed by atoms with Crippen molar-refractivity contribution in [3.63, 3.8) is 0 Å². The van der Waals surface area contributed by atoms with E-state index < -0.39 is 5.82 Å². The van der Waals surface area contributed by atoms with Gasteiger partial charge in [0.1, 0.15) is 0 Å². The molecular weight excluding hydrogens is 295 g/mol. The van der Waals surface area contributed by atoms with Crippen LogP contribution in [0.25, 0.3) is 0 Å². The fraction of sp³-hybridized carbons (Fsp3) is 0.500. The molecule has 1 aromatic heterocycles. The van der Waals surface area contributed by atoms with Crippen molar-refractivity contribution in [2.24, 2.45) is 0 Å². The van der Waals surface area contributed by atoms with Crippen molar-refractivity contribution < 1.29 is 9.50 Å². The Hall–Kier alpha value is -0.330. The Morgan fingerprint density at radius 1 is 1.69 bits per heavy atom. The van der Waals surface area contributed by atoms with Gasteiger partial charge in [-0.05, 0) is 35.2 Å². The number of hydrogen-bond donors (Lipinski definition) is 2. The molecule has 0 bridgehead atoms. The highest BCUT2D eigenvalue weighted by Gasteiger charge is 2.16. The standard InChI is InChI=1S/C10H14BrFN2OS/c1-6(9(5-15)16-2)14-10-8(12)3-7(11)4-13-10/h3-4,6,9,15H,5H2,1-2H3,(H,13,14). The van der Waals surface area contributed by atoms with E-state index in [4.69, 9.17) is 5.11 Å². The first-order valence-corrected chi connectivity index (χ1v) is 6.87. The number of rotatable bonds is 5. The first-order valence-electron chi connectivity index (χ1n) is 4.79. The molecule has 6 heteroatoms. The first kappa shape index (κ1) is 13.7. The van der Waals surface area contributed by atoms with Crippen molar-refractivity contribution in [3.8, 4) is 0 Å². The molecule has 0 saturated carbocycles. The lowest BCUT2D eigenvalue weighted by Gasteiger charge is -2.21. The smallest absolute Gasteiger partial charge is 0.166 e. The molecule has 0 radical (unpaired) electrons. The van der Waals surface area contributed by atoms with Gasteiger partial charge in [-0.1, -0.05) is 0 Å². The molecule has 3 nitrogen and oxygen atoms in total. The number of halogens is 2. The lowest BCUT2D eigenvalue weighted by molar-refractivity contribution is 0.288. The zero-order valence-corrected chi connectivity index (χ0v) is 11.5. The predicted octanol–water partition coefficient (Wildman–Crippen LogP) is 2.51. The maximum absolute atomic E-state index is 13.5. The topological polar surface area (TPSA) is 45.1 Å². The van der Waals surface area contributed by atoms with Gasteiger partial charge in [-0.25, -0.2) is 9.37 Å². The van der Waals surface area contributed by atoms with Crippen LogP contribution in [-0.2, 0) is 0 Å². The van der Waals surface area contributed by atoms with E-state index in [2.05, 4.69) is 26.2 Å². The van der Waals surface area contributed by atoms with Crippen LogP contribution in [0.1, 0.15) is 6.92 Å². The van der Waals surface area contributed by atoms with Gasteiger partial charge in [0.15, 0.2) is 11.6 Å². The predicted molar refractivity (Wildman–Crippen MR) is 69.4 cm³/mol. The highest BCUT2D eigenvalue weighted by Crippen LogP contribution is 2.19. The maximum atomic E-state index is 13.5. The number of anilines is 1. The quantitative estimate of drug-likeness (QED) is 0.877. The molecule has 1 heterocycles. The van der Waals surface area contributed by atoms with Crippen LogP contribution in [0.15, 0.2) is 16.7 Å². The van der Waals surface area contributed by atoms with E-state index in [0.717, 1.165) is 0 Å². The monoisotopic (exact) mass is 308 g/mol. The average molecular weight is 309 g/mol. The van der Waals surface area contributed by atoms with Gasteiger partial charge in [-0.15, -0.1) is 0 Å². The van der Waals surface area contributed by atoms with Gasteiger partial charge in [0, 0.05) is 22.0 Å². The number of nitrogens with one attached hydrogen (secondary N) is 1. The number of nitrogens with zero attached hydrogens (tertiary/aromatic N) is 1. The van der Waals surface area contributed by atoms with Gasteiger partial charge in [0.2, 0.25) is 0 Å². The van der Waals surface area contributed by atoms with Crippen LogP contribution >= 0.6 is 27.7 Å². The third-order valence-corrected chi connectivity index (χ3v) is 3.81. The van der Waals surface area contributed by atoms with Gasteiger partial charge in [0.05, 0.1) is 6.61 Å². The lowest BCUT2D eigenvalue weighted by atomic mass is 10.2. The van der Waals surface area contributed by atoms with Crippen LogP contribution in [-0.4, -0.2) is 34.2 Å². The minimum Gasteiger partial charge on any atom is -0.395 e. The molecule has 16 heavy (non-hydrogen) atoms. The molecule has 1 rings (SSSR count). The van der Waals surface area contributed by atoms with Gasteiger partial charge >= 0.3 is 0 Å². The maximum Gasteiger partial charge on any atom is 0.166 e. The molecule has 0 aromatic carbocycles. The molecule has 0 aliphatic carbocycles. The molecular formula is C10H14BrFN2OS. The normalized spacial score (nSPS) is 14.6. The largest absolute Gasteiger partial charge is 0.395 e. The van der Waals surface area contributed by atoms with E-state index in [-0.39, 0.29) is 23.7 Å². The Kier molecular flexibility index (Phi) is 5.51. The van der Waals surface area contributed by atoms with Crippen molar-refractivity contribution >= 4 is 33.5 Å². The summed E-state index contributed by atoms with van der Waals surface area (Å²) in [6.45, 7) is 1.94. The van der Waals surface area contributed by atoms with E-state index in [1.165, 1.54) is 24.0 Å². The molecule has 90 valence electrons. The highest BCUT2D eigenvalue weighted by atomic mass is 79.9. The van der Waals surface area contributed by atoms with Gasteiger partial charge in [-0.2, -0.15) is 11.8 Å². The Morgan fingerprint density at radius 3 is 2.88 bits per heavy atom. The van der Waals surface area contributed by atoms with Crippen molar-refractivity contribution in [3.05, 3.63) is 22.6 Å². The minimum absolute atomic E-state index is 0.0184. The van der Waals surface area contributed by atoms with Crippen molar-refractivity contribution in [1.82, 2.24) is 4.98 Å². The summed E-state index contributed by atoms with van der Waals surface area (Å²) in [4.78, 5) is 3.94. The van der Waals surface area contributed by atoms with Crippen molar-refractivity contribution in [2.45, 2.75) is 18.2 Å². The molecule has 2 unspecified atom stereocenters. The van der Waals surface area contributed by atoms with Gasteiger partial charge in [0.25, 0.3) is 0 Å². The van der Waals surface area contributed by atoms with Crippen LogP contribution in [0.2, 0.25) is 0 Å². The number of aliphatic hydroxyl groups is 1. The van der Waals surface area contributed by atoms with E-state index >= 15 is 0 Å². The molecule has 2 atom stereocenters. The summed E-state index contributed by atoms with van der Waals surface area (Å²) in [6, 6.07) is 1.30. The molecule has 1 aromatic rings. The Bertz CT molecular complexity index is 350. The molecule has 0 fully saturated rings. The summed E-state index contributed by atoms with van der Waals surface area (Å²) in [7, 11) is 0. The second-order valence-corrected chi connectivity index (χ2v) is 5.37. The Labute approximate surface area is 107 Å². The summed E-state index contributed by atoms with van der Waals surface area (Å²) in [5.74, 6) is -0.192. The van der Waals surface area contributed by atoms with E-state index in [0.29, 0.717) is 4.47 Å². The summed E-state index contributed by atoms with van der Waals surface area (Å²) >= 11 is 4.68. The van der Waals surface area contributed by atoms with Gasteiger partial charge in [-0.3, -0.25) is 0 Å². The summed E-state index contributed by atoms with van der Waals surface area (Å²) < 4.78 is 14.1. The van der Waals surface area contributed by atoms with Crippen LogP contribution in [0.4, 0.5) is 10.2 Å². The molecule has 0 amide bonds. The molecule has 0 spiro atoms. The van der Waals surface area contributed by atoms with Crippen molar-refractivity contribution in [1.29, 1.82) is 0 Å². The second-order valence-electron chi connectivity index (χ2n) is 3.37. The molecule has 0 aliphatic rings. The van der Waals surface area contributed by atoms with Crippen molar-refractivity contribution in [2.75, 3.05) is 18.2 Å². The fourth-order valence-electron chi connectivity index (χ4n) is 1.27. The summed E-state index contributed by atoms with van der Waals surface area (Å²) in [5, 5.41) is 12.1. The molecule has 2 N–H and O–H groups in total. The summed E-state index contributed by atoms with van der Waals surface area (Å²) in [5.41, 5.74) is 0.